The van der Waals surface area contributed by atoms with Gasteiger partial charge in [-0.25, -0.2) is 0 Å². The highest BCUT2D eigenvalue weighted by Gasteiger charge is 2.34. The van der Waals surface area contributed by atoms with E-state index in [1.807, 2.05) is 6.92 Å². The van der Waals surface area contributed by atoms with Gasteiger partial charge in [-0.15, -0.1) is 0 Å². The van der Waals surface area contributed by atoms with Crippen molar-refractivity contribution in [3.8, 4) is 6.07 Å². The lowest BCUT2D eigenvalue weighted by molar-refractivity contribution is -0.144. The first-order chi connectivity index (χ1) is 12.1. The Kier molecular flexibility index (Phi) is 10.8. The smallest absolute Gasteiger partial charge is 0.305 e. The number of hydrogen-bond acceptors (Lipinski definition) is 5. The highest BCUT2D eigenvalue weighted by molar-refractivity contribution is 5.81. The van der Waals surface area contributed by atoms with E-state index in [0.29, 0.717) is 25.9 Å². The Morgan fingerprint density at radius 1 is 1.27 bits per heavy atom. The van der Waals surface area contributed by atoms with Crippen molar-refractivity contribution in [1.29, 1.82) is 5.26 Å². The van der Waals surface area contributed by atoms with Gasteiger partial charge in [-0.1, -0.05) is 20.3 Å². The number of ether oxygens (including phenoxy) is 1. The summed E-state index contributed by atoms with van der Waals surface area (Å²) in [5.74, 6) is -1.05. The molecule has 3 unspecified atom stereocenters. The largest absolute Gasteiger partial charge is 0.466 e. The van der Waals surface area contributed by atoms with Crippen LogP contribution >= 0.6 is 0 Å². The second-order valence-electron chi connectivity index (χ2n) is 7.63. The lowest BCUT2D eigenvalue weighted by Gasteiger charge is -2.29. The molecule has 6 nitrogen and oxygen atoms in total. The molecule has 0 radical (unpaired) electrons. The number of Topliss-reactive ketones (excluding diaryl/α,β-unsaturated/α-hetero) is 1. The van der Waals surface area contributed by atoms with Gasteiger partial charge in [0.05, 0.1) is 18.1 Å². The summed E-state index contributed by atoms with van der Waals surface area (Å²) in [7, 11) is 3.34. The molecule has 0 fully saturated rings. The van der Waals surface area contributed by atoms with Gasteiger partial charge >= 0.3 is 5.97 Å². The Morgan fingerprint density at radius 2 is 1.88 bits per heavy atom. The van der Waals surface area contributed by atoms with E-state index in [2.05, 4.69) is 6.07 Å². The number of esters is 1. The van der Waals surface area contributed by atoms with E-state index >= 15 is 0 Å². The van der Waals surface area contributed by atoms with E-state index < -0.39 is 11.3 Å². The van der Waals surface area contributed by atoms with Gasteiger partial charge in [0.25, 0.3) is 0 Å². The molecule has 0 bridgehead atoms. The number of carbonyl (C=O) groups is 3. The van der Waals surface area contributed by atoms with E-state index in [1.54, 1.807) is 27.9 Å². The minimum Gasteiger partial charge on any atom is -0.466 e. The van der Waals surface area contributed by atoms with E-state index in [9.17, 15) is 19.6 Å². The molecule has 1 amide bonds. The van der Waals surface area contributed by atoms with Crippen LogP contribution in [0.4, 0.5) is 0 Å². The van der Waals surface area contributed by atoms with Crippen molar-refractivity contribution in [3.05, 3.63) is 0 Å². The molecule has 26 heavy (non-hydrogen) atoms. The van der Waals surface area contributed by atoms with E-state index in [0.717, 1.165) is 12.8 Å². The van der Waals surface area contributed by atoms with Crippen LogP contribution in [0.5, 0.6) is 0 Å². The third-order valence-electron chi connectivity index (χ3n) is 4.73. The van der Waals surface area contributed by atoms with Gasteiger partial charge in [-0.2, -0.15) is 5.26 Å². The minimum atomic E-state index is -0.823. The second kappa shape index (κ2) is 11.7. The summed E-state index contributed by atoms with van der Waals surface area (Å²) in [6.45, 7) is 7.49. The van der Waals surface area contributed by atoms with Crippen LogP contribution in [0.25, 0.3) is 0 Å². The van der Waals surface area contributed by atoms with Crippen LogP contribution in [-0.2, 0) is 19.1 Å². The average Bonchev–Trinajstić information content (AvgIpc) is 2.58. The van der Waals surface area contributed by atoms with E-state index in [1.165, 1.54) is 11.8 Å². The maximum Gasteiger partial charge on any atom is 0.305 e. The van der Waals surface area contributed by atoms with Crippen LogP contribution in [0.2, 0.25) is 0 Å². The lowest BCUT2D eigenvalue weighted by Crippen LogP contribution is -2.35. The molecular weight excluding hydrogens is 332 g/mol. The molecule has 6 heteroatoms. The molecule has 0 saturated heterocycles. The molecule has 0 aliphatic heterocycles. The van der Waals surface area contributed by atoms with Crippen LogP contribution in [0.3, 0.4) is 0 Å². The molecule has 0 aromatic carbocycles. The fourth-order valence-corrected chi connectivity index (χ4v) is 2.76. The summed E-state index contributed by atoms with van der Waals surface area (Å²) >= 11 is 0. The van der Waals surface area contributed by atoms with Gasteiger partial charge < -0.3 is 9.64 Å². The van der Waals surface area contributed by atoms with Crippen LogP contribution in [0.1, 0.15) is 66.2 Å². The third-order valence-corrected chi connectivity index (χ3v) is 4.73. The molecule has 0 aliphatic carbocycles. The number of nitrogens with zero attached hydrogens (tertiary/aromatic N) is 2. The predicted molar refractivity (Wildman–Crippen MR) is 100 cm³/mol. The number of unbranched alkanes of at least 4 members (excludes halogenated alkanes) is 1. The van der Waals surface area contributed by atoms with Crippen molar-refractivity contribution >= 4 is 17.7 Å². The molecule has 0 aliphatic rings. The second-order valence-corrected chi connectivity index (χ2v) is 7.63. The molecular formula is C20H34N2O4. The topological polar surface area (TPSA) is 87.5 Å². The first-order valence-corrected chi connectivity index (χ1v) is 9.34. The van der Waals surface area contributed by atoms with E-state index in [4.69, 9.17) is 4.74 Å². The number of nitriles is 1. The Balaban J connectivity index is 4.98. The number of rotatable bonds is 12. The van der Waals surface area contributed by atoms with Crippen molar-refractivity contribution in [3.63, 3.8) is 0 Å². The molecule has 0 N–H and O–H groups in total. The van der Waals surface area contributed by atoms with Crippen LogP contribution in [0, 0.1) is 28.6 Å². The van der Waals surface area contributed by atoms with Gasteiger partial charge in [-0.05, 0) is 39.5 Å². The molecule has 0 aromatic heterocycles. The molecule has 3 atom stereocenters. The molecule has 0 spiro atoms. The van der Waals surface area contributed by atoms with Gasteiger partial charge in [0.15, 0.2) is 0 Å². The zero-order chi connectivity index (χ0) is 20.3. The monoisotopic (exact) mass is 366 g/mol. The zero-order valence-electron chi connectivity index (χ0n) is 17.1. The number of hydrogen-bond donors (Lipinski definition) is 0. The summed E-state index contributed by atoms with van der Waals surface area (Å²) in [5, 5.41) is 9.63. The first kappa shape index (κ1) is 24.1. The summed E-state index contributed by atoms with van der Waals surface area (Å²) in [5.41, 5.74) is -0.823. The molecule has 0 heterocycles. The van der Waals surface area contributed by atoms with Crippen LogP contribution in [-0.4, -0.2) is 43.3 Å². The van der Waals surface area contributed by atoms with Crippen molar-refractivity contribution < 1.29 is 19.1 Å². The van der Waals surface area contributed by atoms with Gasteiger partial charge in [0, 0.05) is 32.4 Å². The normalized spacial score (nSPS) is 15.3. The Labute approximate surface area is 157 Å². The minimum absolute atomic E-state index is 0.0275. The quantitative estimate of drug-likeness (QED) is 0.390. The van der Waals surface area contributed by atoms with E-state index in [-0.39, 0.29) is 30.0 Å². The maximum atomic E-state index is 12.5. The lowest BCUT2D eigenvalue weighted by atomic mass is 9.75. The highest BCUT2D eigenvalue weighted by atomic mass is 16.5. The average molecular weight is 367 g/mol. The molecule has 0 rings (SSSR count). The third kappa shape index (κ3) is 8.98. The fourth-order valence-electron chi connectivity index (χ4n) is 2.76. The Hall–Kier alpha value is -1.90. The predicted octanol–water partition coefficient (Wildman–Crippen LogP) is 3.35. The summed E-state index contributed by atoms with van der Waals surface area (Å²) in [4.78, 5) is 37.4. The van der Waals surface area contributed by atoms with Crippen molar-refractivity contribution in [2.75, 3.05) is 20.7 Å². The Bertz CT molecular complexity index is 524. The summed E-state index contributed by atoms with van der Waals surface area (Å²) in [6, 6.07) is 2.26. The first-order valence-electron chi connectivity index (χ1n) is 9.34. The SMILES string of the molecule is CCCCOC(=O)CCC(C)(C#N)CC(CC(C)C(C)=O)C(=O)N(C)C. The Morgan fingerprint density at radius 3 is 2.35 bits per heavy atom. The number of ketones is 1. The molecule has 0 aromatic rings. The zero-order valence-corrected chi connectivity index (χ0v) is 17.1. The van der Waals surface area contributed by atoms with Crippen molar-refractivity contribution in [2.45, 2.75) is 66.2 Å². The van der Waals surface area contributed by atoms with Gasteiger partial charge in [-0.3, -0.25) is 14.4 Å². The van der Waals surface area contributed by atoms with Crippen molar-refractivity contribution in [1.82, 2.24) is 4.90 Å². The van der Waals surface area contributed by atoms with Crippen molar-refractivity contribution in [2.24, 2.45) is 17.3 Å². The molecule has 148 valence electrons. The standard InChI is InChI=1S/C20H34N2O4/c1-7-8-11-26-18(24)9-10-20(4,14-21)13-17(19(25)22(5)6)12-15(2)16(3)23/h15,17H,7-13H2,1-6H3. The van der Waals surface area contributed by atoms with Gasteiger partial charge in [0.1, 0.15) is 5.78 Å². The van der Waals surface area contributed by atoms with Crippen LogP contribution in [0.15, 0.2) is 0 Å². The summed E-state index contributed by atoms with van der Waals surface area (Å²) in [6.07, 6.45) is 2.99. The fraction of sp³-hybridized carbons (Fsp3) is 0.800. The number of carbonyl (C=O) groups excluding carboxylic acids is 3. The maximum absolute atomic E-state index is 12.5. The van der Waals surface area contributed by atoms with Gasteiger partial charge in [0.2, 0.25) is 5.91 Å². The van der Waals surface area contributed by atoms with Crippen LogP contribution < -0.4 is 0 Å². The highest BCUT2D eigenvalue weighted by Crippen LogP contribution is 2.34. The summed E-state index contributed by atoms with van der Waals surface area (Å²) < 4.78 is 5.14. The molecule has 0 saturated carbocycles. The number of amides is 1.